The lowest BCUT2D eigenvalue weighted by Gasteiger charge is -2.12. The molecule has 0 saturated carbocycles. The van der Waals surface area contributed by atoms with E-state index in [1.807, 2.05) is 0 Å². The van der Waals surface area contributed by atoms with Gasteiger partial charge in [-0.05, 0) is 31.2 Å². The van der Waals surface area contributed by atoms with Crippen molar-refractivity contribution in [2.75, 3.05) is 20.1 Å². The van der Waals surface area contributed by atoms with Gasteiger partial charge in [0.25, 0.3) is 5.91 Å². The van der Waals surface area contributed by atoms with Crippen LogP contribution in [-0.2, 0) is 11.2 Å². The van der Waals surface area contributed by atoms with Gasteiger partial charge in [0, 0.05) is 18.7 Å². The van der Waals surface area contributed by atoms with Crippen LogP contribution in [0.15, 0.2) is 24.3 Å². The van der Waals surface area contributed by atoms with Gasteiger partial charge in [-0.1, -0.05) is 12.1 Å². The van der Waals surface area contributed by atoms with Crippen molar-refractivity contribution in [1.29, 1.82) is 0 Å². The number of carboxylic acids is 1. The standard InChI is InChI=1S/C13H19N3O3/c1-15-11(13(18)19)8-9-3-2-4-10(7-9)12(17)16-6-5-14/h2-4,7,11,15H,5-6,8,14H2,1H3,(H,16,17)(H,18,19). The van der Waals surface area contributed by atoms with Crippen LogP contribution in [-0.4, -0.2) is 43.2 Å². The number of carbonyl (C=O) groups is 2. The highest BCUT2D eigenvalue weighted by Crippen LogP contribution is 2.08. The molecule has 0 heterocycles. The van der Waals surface area contributed by atoms with Crippen molar-refractivity contribution in [3.63, 3.8) is 0 Å². The summed E-state index contributed by atoms with van der Waals surface area (Å²) in [5, 5.41) is 14.4. The maximum atomic E-state index is 11.7. The highest BCUT2D eigenvalue weighted by molar-refractivity contribution is 5.94. The highest BCUT2D eigenvalue weighted by Gasteiger charge is 2.16. The zero-order chi connectivity index (χ0) is 14.3. The molecule has 0 fully saturated rings. The van der Waals surface area contributed by atoms with E-state index < -0.39 is 12.0 Å². The number of carboxylic acid groups (broad SMARTS) is 1. The van der Waals surface area contributed by atoms with E-state index in [9.17, 15) is 9.59 Å². The predicted molar refractivity (Wildman–Crippen MR) is 72.0 cm³/mol. The first-order valence-electron chi connectivity index (χ1n) is 6.05. The van der Waals surface area contributed by atoms with Crippen molar-refractivity contribution < 1.29 is 14.7 Å². The Kier molecular flexibility index (Phi) is 5.98. The minimum absolute atomic E-state index is 0.205. The second kappa shape index (κ2) is 7.50. The van der Waals surface area contributed by atoms with Crippen LogP contribution in [0.1, 0.15) is 15.9 Å². The van der Waals surface area contributed by atoms with Gasteiger partial charge in [-0.2, -0.15) is 0 Å². The van der Waals surface area contributed by atoms with Crippen molar-refractivity contribution in [2.24, 2.45) is 5.73 Å². The summed E-state index contributed by atoms with van der Waals surface area (Å²) in [6.07, 6.45) is 0.323. The van der Waals surface area contributed by atoms with Crippen molar-refractivity contribution in [3.05, 3.63) is 35.4 Å². The van der Waals surface area contributed by atoms with Gasteiger partial charge in [0.2, 0.25) is 0 Å². The lowest BCUT2D eigenvalue weighted by atomic mass is 10.0. The third-order valence-corrected chi connectivity index (χ3v) is 2.71. The Hall–Kier alpha value is -1.92. The van der Waals surface area contributed by atoms with Gasteiger partial charge in [0.1, 0.15) is 6.04 Å². The summed E-state index contributed by atoms with van der Waals surface area (Å²) in [5.74, 6) is -1.12. The third kappa shape index (κ3) is 4.69. The van der Waals surface area contributed by atoms with Crippen LogP contribution in [0.2, 0.25) is 0 Å². The van der Waals surface area contributed by atoms with E-state index in [0.717, 1.165) is 5.56 Å². The number of hydrogen-bond acceptors (Lipinski definition) is 4. The van der Waals surface area contributed by atoms with Crippen LogP contribution in [0, 0.1) is 0 Å². The molecule has 1 amide bonds. The summed E-state index contributed by atoms with van der Waals surface area (Å²) in [6, 6.07) is 6.25. The molecule has 104 valence electrons. The Bertz CT molecular complexity index is 449. The third-order valence-electron chi connectivity index (χ3n) is 2.71. The first-order valence-corrected chi connectivity index (χ1v) is 6.05. The molecule has 0 saturated heterocycles. The zero-order valence-corrected chi connectivity index (χ0v) is 10.8. The molecule has 0 bridgehead atoms. The molecular weight excluding hydrogens is 246 g/mol. The van der Waals surface area contributed by atoms with Crippen molar-refractivity contribution in [2.45, 2.75) is 12.5 Å². The SMILES string of the molecule is CNC(Cc1cccc(C(=O)NCCN)c1)C(=O)O. The van der Waals surface area contributed by atoms with E-state index in [1.165, 1.54) is 0 Å². The Labute approximate surface area is 112 Å². The molecule has 0 radical (unpaired) electrons. The average molecular weight is 265 g/mol. The number of amides is 1. The van der Waals surface area contributed by atoms with Crippen LogP contribution >= 0.6 is 0 Å². The Morgan fingerprint density at radius 3 is 2.74 bits per heavy atom. The Morgan fingerprint density at radius 2 is 2.16 bits per heavy atom. The van der Waals surface area contributed by atoms with Gasteiger partial charge >= 0.3 is 5.97 Å². The summed E-state index contributed by atoms with van der Waals surface area (Å²) < 4.78 is 0. The van der Waals surface area contributed by atoms with Crippen LogP contribution in [0.4, 0.5) is 0 Å². The number of hydrogen-bond donors (Lipinski definition) is 4. The first kappa shape index (κ1) is 15.1. The summed E-state index contributed by atoms with van der Waals surface area (Å²) >= 11 is 0. The first-order chi connectivity index (χ1) is 9.08. The minimum atomic E-state index is -0.916. The summed E-state index contributed by atoms with van der Waals surface area (Å²) in [7, 11) is 1.59. The lowest BCUT2D eigenvalue weighted by molar-refractivity contribution is -0.139. The number of nitrogens with two attached hydrogens (primary N) is 1. The van der Waals surface area contributed by atoms with Crippen LogP contribution < -0.4 is 16.4 Å². The fourth-order valence-corrected chi connectivity index (χ4v) is 1.68. The number of rotatable bonds is 7. The van der Waals surface area contributed by atoms with Crippen LogP contribution in [0.25, 0.3) is 0 Å². The van der Waals surface area contributed by atoms with E-state index in [4.69, 9.17) is 10.8 Å². The molecule has 1 atom stereocenters. The molecule has 0 aliphatic rings. The van der Waals surface area contributed by atoms with Crippen LogP contribution in [0.3, 0.4) is 0 Å². The average Bonchev–Trinajstić information content (AvgIpc) is 2.42. The lowest BCUT2D eigenvalue weighted by Crippen LogP contribution is -2.35. The minimum Gasteiger partial charge on any atom is -0.480 e. The summed E-state index contributed by atoms with van der Waals surface area (Å²) in [5.41, 5.74) is 6.61. The monoisotopic (exact) mass is 265 g/mol. The van der Waals surface area contributed by atoms with Gasteiger partial charge in [-0.25, -0.2) is 0 Å². The number of aliphatic carboxylic acids is 1. The van der Waals surface area contributed by atoms with E-state index in [2.05, 4.69) is 10.6 Å². The molecular formula is C13H19N3O3. The fraction of sp³-hybridized carbons (Fsp3) is 0.385. The fourth-order valence-electron chi connectivity index (χ4n) is 1.68. The molecule has 1 aromatic carbocycles. The smallest absolute Gasteiger partial charge is 0.321 e. The second-order valence-electron chi connectivity index (χ2n) is 4.13. The van der Waals surface area contributed by atoms with Crippen molar-refractivity contribution >= 4 is 11.9 Å². The summed E-state index contributed by atoms with van der Waals surface area (Å²) in [4.78, 5) is 22.7. The Morgan fingerprint density at radius 1 is 1.42 bits per heavy atom. The maximum Gasteiger partial charge on any atom is 0.321 e. The van der Waals surface area contributed by atoms with E-state index in [-0.39, 0.29) is 5.91 Å². The van der Waals surface area contributed by atoms with Gasteiger partial charge in [0.05, 0.1) is 0 Å². The highest BCUT2D eigenvalue weighted by atomic mass is 16.4. The number of carbonyl (C=O) groups excluding carboxylic acids is 1. The van der Waals surface area contributed by atoms with Crippen LogP contribution in [0.5, 0.6) is 0 Å². The molecule has 0 aromatic heterocycles. The molecule has 1 aromatic rings. The van der Waals surface area contributed by atoms with E-state index in [0.29, 0.717) is 25.1 Å². The molecule has 0 aliphatic heterocycles. The van der Waals surface area contributed by atoms with Gasteiger partial charge in [-0.3, -0.25) is 9.59 Å². The quantitative estimate of drug-likeness (QED) is 0.536. The van der Waals surface area contributed by atoms with E-state index in [1.54, 1.807) is 31.3 Å². The molecule has 5 N–H and O–H groups in total. The second-order valence-corrected chi connectivity index (χ2v) is 4.13. The number of benzene rings is 1. The number of likely N-dealkylation sites (N-methyl/N-ethyl adjacent to an activating group) is 1. The van der Waals surface area contributed by atoms with Crippen molar-refractivity contribution in [3.8, 4) is 0 Å². The Balaban J connectivity index is 2.76. The molecule has 0 aliphatic carbocycles. The van der Waals surface area contributed by atoms with E-state index >= 15 is 0 Å². The zero-order valence-electron chi connectivity index (χ0n) is 10.8. The van der Waals surface area contributed by atoms with Gasteiger partial charge < -0.3 is 21.5 Å². The maximum absolute atomic E-state index is 11.7. The largest absolute Gasteiger partial charge is 0.480 e. The molecule has 6 heteroatoms. The molecule has 19 heavy (non-hydrogen) atoms. The van der Waals surface area contributed by atoms with Gasteiger partial charge in [0.15, 0.2) is 0 Å². The molecule has 0 spiro atoms. The normalized spacial score (nSPS) is 11.9. The summed E-state index contributed by atoms with van der Waals surface area (Å²) in [6.45, 7) is 0.795. The molecule has 6 nitrogen and oxygen atoms in total. The number of nitrogens with one attached hydrogen (secondary N) is 2. The molecule has 1 rings (SSSR count). The van der Waals surface area contributed by atoms with Gasteiger partial charge in [-0.15, -0.1) is 0 Å². The van der Waals surface area contributed by atoms with Crippen molar-refractivity contribution in [1.82, 2.24) is 10.6 Å². The topological polar surface area (TPSA) is 104 Å². The predicted octanol–water partition coefficient (Wildman–Crippen LogP) is -0.410. The molecule has 1 unspecified atom stereocenters.